The number of Topliss-reactive ketones (excluding diaryl/α,β-unsaturated/α-hetero) is 1. The van der Waals surface area contributed by atoms with E-state index in [2.05, 4.69) is 28.6 Å². The van der Waals surface area contributed by atoms with E-state index in [0.717, 1.165) is 18.9 Å². The van der Waals surface area contributed by atoms with Gasteiger partial charge in [0.1, 0.15) is 19.2 Å². The molecule has 0 radical (unpaired) electrons. The van der Waals surface area contributed by atoms with Crippen LogP contribution in [0.5, 0.6) is 0 Å². The first-order chi connectivity index (χ1) is 13.3. The first kappa shape index (κ1) is 28.5. The SMILES string of the molecule is CC(=O)CCC(=O)OCC([N-]C(=O)C[N-]C(=O)C[N-]C(=O)C[S-])OCO.[O]=[Tc+4]. The molecule has 0 rings (SSSR count). The Hall–Kier alpha value is -1.73. The second kappa shape index (κ2) is 18.6. The molecule has 0 saturated carbocycles. The first-order valence-electron chi connectivity index (χ1n) is 7.53. The summed E-state index contributed by atoms with van der Waals surface area (Å²) in [6, 6.07) is 0. The topological polar surface area (TPSA) is 183 Å². The van der Waals surface area contributed by atoms with Crippen molar-refractivity contribution in [3.8, 4) is 0 Å². The summed E-state index contributed by atoms with van der Waals surface area (Å²) in [4.78, 5) is 55.9. The standard InChI is InChI=1S/C14H23N3O8S.O.Tc/c1-9(19)2-3-14(23)24-6-13(25-8-18)17-11(21)5-15-10(20)4-16-12(22)7-26;;/h13,18H,2-8H2,1H3,(H4,15,16,17,20,21,22,26);;/q;;+4/p-4. The average molecular weight is 503 g/mol. The number of ketones is 1. The Morgan fingerprint density at radius 1 is 1.00 bits per heavy atom. The van der Waals surface area contributed by atoms with Crippen LogP contribution in [0.3, 0.4) is 0 Å². The fourth-order valence-electron chi connectivity index (χ4n) is 1.33. The molecular weight excluding hydrogens is 484 g/mol. The molecule has 1 unspecified atom stereocenters. The van der Waals surface area contributed by atoms with Crippen molar-refractivity contribution in [3.05, 3.63) is 16.0 Å². The molecule has 0 bridgehead atoms. The van der Waals surface area contributed by atoms with Gasteiger partial charge in [0, 0.05) is 30.4 Å². The molecule has 157 valence electrons. The quantitative estimate of drug-likeness (QED) is 0.192. The third-order valence-electron chi connectivity index (χ3n) is 2.53. The number of nitrogens with zero attached hydrogens (tertiary/aromatic N) is 3. The Kier molecular flexibility index (Phi) is 18.9. The summed E-state index contributed by atoms with van der Waals surface area (Å²) in [5, 5.41) is 18.9. The zero-order valence-corrected chi connectivity index (χ0v) is 17.5. The summed E-state index contributed by atoms with van der Waals surface area (Å²) in [5.41, 5.74) is 0. The molecule has 12 nitrogen and oxygen atoms in total. The number of esters is 1. The number of rotatable bonds is 13. The maximum atomic E-state index is 11.6. The fourth-order valence-corrected chi connectivity index (χ4v) is 1.42. The molecule has 0 aliphatic heterocycles. The molecule has 14 heteroatoms. The molecule has 1 N–H and O–H groups in total. The van der Waals surface area contributed by atoms with Gasteiger partial charge in [-0.15, -0.1) is 5.75 Å². The normalized spacial score (nSPS) is 10.6. The van der Waals surface area contributed by atoms with Crippen LogP contribution in [0, 0.1) is 0 Å². The molecule has 0 aromatic carbocycles. The number of carbonyl (C=O) groups is 5. The number of aliphatic hydroxyl groups is 1. The van der Waals surface area contributed by atoms with Crippen molar-refractivity contribution in [2.45, 2.75) is 26.0 Å². The number of carbonyl (C=O) groups excluding carboxylic acids is 5. The van der Waals surface area contributed by atoms with E-state index in [1.165, 1.54) is 6.92 Å². The molecule has 0 aliphatic rings. The summed E-state index contributed by atoms with van der Waals surface area (Å²) in [7, 11) is 0. The van der Waals surface area contributed by atoms with E-state index in [4.69, 9.17) is 18.1 Å². The Bertz CT molecular complexity index is 536. The molecule has 28 heavy (non-hydrogen) atoms. The number of hydrogen-bond donors (Lipinski definition) is 1. The van der Waals surface area contributed by atoms with Crippen LogP contribution < -0.4 is 0 Å². The van der Waals surface area contributed by atoms with Crippen LogP contribution in [-0.4, -0.2) is 73.1 Å². The predicted octanol–water partition coefficient (Wildman–Crippen LogP) is -0.682. The van der Waals surface area contributed by atoms with Gasteiger partial charge in [0.2, 0.25) is 0 Å². The van der Waals surface area contributed by atoms with Crippen LogP contribution in [0.1, 0.15) is 19.8 Å². The van der Waals surface area contributed by atoms with Crippen molar-refractivity contribution in [3.63, 3.8) is 0 Å². The van der Waals surface area contributed by atoms with Crippen LogP contribution in [0.25, 0.3) is 16.0 Å². The van der Waals surface area contributed by atoms with Gasteiger partial charge < -0.3 is 62.3 Å². The molecular formula is C14H19N3O9STc. The van der Waals surface area contributed by atoms with E-state index in [9.17, 15) is 24.0 Å². The van der Waals surface area contributed by atoms with Crippen LogP contribution in [0.15, 0.2) is 0 Å². The summed E-state index contributed by atoms with van der Waals surface area (Å²) >= 11 is 5.34. The first-order valence-corrected chi connectivity index (χ1v) is 8.87. The summed E-state index contributed by atoms with van der Waals surface area (Å²) < 4.78 is 17.7. The zero-order chi connectivity index (χ0) is 21.9. The van der Waals surface area contributed by atoms with E-state index < -0.39 is 56.4 Å². The number of aliphatic hydroxyl groups excluding tert-OH is 1. The van der Waals surface area contributed by atoms with E-state index >= 15 is 0 Å². The van der Waals surface area contributed by atoms with E-state index in [1.807, 2.05) is 0 Å². The third-order valence-corrected chi connectivity index (χ3v) is 2.77. The molecule has 3 amide bonds. The van der Waals surface area contributed by atoms with Gasteiger partial charge in [-0.2, -0.15) is 0 Å². The van der Waals surface area contributed by atoms with Gasteiger partial charge in [0.15, 0.2) is 0 Å². The molecule has 0 saturated heterocycles. The zero-order valence-electron chi connectivity index (χ0n) is 14.9. The third kappa shape index (κ3) is 17.7. The van der Waals surface area contributed by atoms with Gasteiger partial charge in [0.05, 0.1) is 6.42 Å². The molecule has 0 fully saturated rings. The van der Waals surface area contributed by atoms with Crippen molar-refractivity contribution < 1.29 is 60.9 Å². The van der Waals surface area contributed by atoms with Crippen molar-refractivity contribution in [1.29, 1.82) is 0 Å². The summed E-state index contributed by atoms with van der Waals surface area (Å²) in [5.74, 6) is -3.44. The number of hydrogen-bond acceptors (Lipinski definition) is 10. The van der Waals surface area contributed by atoms with Crippen molar-refractivity contribution in [2.24, 2.45) is 0 Å². The molecule has 0 aromatic rings. The molecule has 0 aromatic heterocycles. The number of amides is 3. The molecule has 1 atom stereocenters. The fraction of sp³-hybridized carbons (Fsp3) is 0.643. The van der Waals surface area contributed by atoms with Gasteiger partial charge in [-0.05, 0) is 6.92 Å². The van der Waals surface area contributed by atoms with Gasteiger partial charge in [-0.25, -0.2) is 0 Å². The number of ether oxygens (including phenoxy) is 2. The Labute approximate surface area is 177 Å². The van der Waals surface area contributed by atoms with Gasteiger partial charge in [0.25, 0.3) is 0 Å². The molecule has 0 aliphatic carbocycles. The van der Waals surface area contributed by atoms with Crippen LogP contribution >= 0.6 is 0 Å². The predicted molar refractivity (Wildman–Crippen MR) is 90.6 cm³/mol. The van der Waals surface area contributed by atoms with Crippen LogP contribution in [0.4, 0.5) is 0 Å². The van der Waals surface area contributed by atoms with Crippen LogP contribution in [0.2, 0.25) is 0 Å². The van der Waals surface area contributed by atoms with E-state index in [1.54, 1.807) is 0 Å². The van der Waals surface area contributed by atoms with E-state index in [-0.39, 0.29) is 24.4 Å². The summed E-state index contributed by atoms with van der Waals surface area (Å²) in [6.45, 7) is -1.07. The Morgan fingerprint density at radius 2 is 1.57 bits per heavy atom. The Morgan fingerprint density at radius 3 is 2.11 bits per heavy atom. The minimum atomic E-state index is -1.29. The van der Waals surface area contributed by atoms with Gasteiger partial charge in [-0.1, -0.05) is 13.1 Å². The van der Waals surface area contributed by atoms with Crippen molar-refractivity contribution in [2.75, 3.05) is 32.2 Å². The minimum absolute atomic E-state index is 0.0143. The van der Waals surface area contributed by atoms with Crippen LogP contribution in [-0.2, 0) is 68.4 Å². The molecule has 0 spiro atoms. The van der Waals surface area contributed by atoms with Gasteiger partial charge >= 0.3 is 28.3 Å². The summed E-state index contributed by atoms with van der Waals surface area (Å²) in [6.07, 6.45) is -1.41. The second-order valence-corrected chi connectivity index (χ2v) is 5.01. The Balaban J connectivity index is 0. The average Bonchev–Trinajstić information content (AvgIpc) is 2.68. The second-order valence-electron chi connectivity index (χ2n) is 4.72. The maximum absolute atomic E-state index is 11.6. The monoisotopic (exact) mass is 502 g/mol. The van der Waals surface area contributed by atoms with E-state index in [0.29, 0.717) is 0 Å². The molecule has 0 heterocycles. The van der Waals surface area contributed by atoms with Crippen molar-refractivity contribution >= 4 is 42.1 Å². The van der Waals surface area contributed by atoms with Gasteiger partial charge in [-0.3, -0.25) is 4.79 Å². The van der Waals surface area contributed by atoms with Crippen molar-refractivity contribution in [1.82, 2.24) is 0 Å².